The van der Waals surface area contributed by atoms with Gasteiger partial charge in [0.1, 0.15) is 0 Å². The lowest BCUT2D eigenvalue weighted by atomic mass is 9.93. The molecule has 0 N–H and O–H groups in total. The molecule has 0 aliphatic rings. The number of aliphatic imine (C=N–C) groups is 2. The van der Waals surface area contributed by atoms with Gasteiger partial charge in [-0.1, -0.05) is 42.5 Å². The van der Waals surface area contributed by atoms with E-state index < -0.39 is 0 Å². The third kappa shape index (κ3) is 2.31. The number of aryl methyl sites for hydroxylation is 2. The van der Waals surface area contributed by atoms with Gasteiger partial charge in [0, 0.05) is 18.6 Å². The average molecular weight is 288 g/mol. The second kappa shape index (κ2) is 5.72. The molecule has 0 saturated heterocycles. The number of rotatable bonds is 2. The largest absolute Gasteiger partial charge is 0.295 e. The van der Waals surface area contributed by atoms with E-state index >= 15 is 0 Å². The number of fused-ring (bicyclic) bond motifs is 3. The van der Waals surface area contributed by atoms with Crippen molar-refractivity contribution in [2.24, 2.45) is 9.98 Å². The molecule has 22 heavy (non-hydrogen) atoms. The Morgan fingerprint density at radius 2 is 1.59 bits per heavy atom. The van der Waals surface area contributed by atoms with Crippen LogP contribution in [0.25, 0.3) is 21.5 Å². The first-order valence-corrected chi connectivity index (χ1v) is 7.51. The van der Waals surface area contributed by atoms with E-state index in [9.17, 15) is 0 Å². The Labute approximate surface area is 131 Å². The molecule has 0 amide bonds. The van der Waals surface area contributed by atoms with Gasteiger partial charge in [0.15, 0.2) is 0 Å². The van der Waals surface area contributed by atoms with E-state index in [-0.39, 0.29) is 0 Å². The molecule has 0 heterocycles. The maximum absolute atomic E-state index is 4.84. The molecule has 0 spiro atoms. The molecule has 110 valence electrons. The molecule has 2 nitrogen and oxygen atoms in total. The normalized spacial score (nSPS) is 12.6. The fourth-order valence-electron chi connectivity index (χ4n) is 3.17. The molecule has 0 radical (unpaired) electrons. The molecule has 2 heteroatoms. The summed E-state index contributed by atoms with van der Waals surface area (Å²) in [4.78, 5) is 8.90. The highest BCUT2D eigenvalue weighted by Crippen LogP contribution is 2.38. The van der Waals surface area contributed by atoms with Crippen LogP contribution in [0.4, 0.5) is 5.69 Å². The predicted octanol–water partition coefficient (Wildman–Crippen LogP) is 5.40. The van der Waals surface area contributed by atoms with Gasteiger partial charge in [-0.05, 0) is 48.1 Å². The fourth-order valence-corrected chi connectivity index (χ4v) is 3.17. The van der Waals surface area contributed by atoms with Crippen LogP contribution in [0.15, 0.2) is 52.4 Å². The summed E-state index contributed by atoms with van der Waals surface area (Å²) in [6, 6.07) is 15.0. The van der Waals surface area contributed by atoms with Crippen molar-refractivity contribution in [3.05, 3.63) is 53.6 Å². The van der Waals surface area contributed by atoms with Crippen molar-refractivity contribution in [1.82, 2.24) is 0 Å². The van der Waals surface area contributed by atoms with Gasteiger partial charge in [-0.25, -0.2) is 0 Å². The first-order valence-electron chi connectivity index (χ1n) is 7.51. The Kier molecular flexibility index (Phi) is 3.76. The summed E-state index contributed by atoms with van der Waals surface area (Å²) in [5, 5.41) is 5.06. The van der Waals surface area contributed by atoms with E-state index in [0.717, 1.165) is 11.4 Å². The van der Waals surface area contributed by atoms with Crippen LogP contribution in [0.5, 0.6) is 0 Å². The topological polar surface area (TPSA) is 24.7 Å². The summed E-state index contributed by atoms with van der Waals surface area (Å²) >= 11 is 0. The average Bonchev–Trinajstić information content (AvgIpc) is 2.51. The molecule has 0 aliphatic heterocycles. The Bertz CT molecular complexity index is 918. The van der Waals surface area contributed by atoms with Gasteiger partial charge in [-0.2, -0.15) is 0 Å². The monoisotopic (exact) mass is 288 g/mol. The lowest BCUT2D eigenvalue weighted by molar-refractivity contribution is 1.42. The first-order chi connectivity index (χ1) is 10.6. The van der Waals surface area contributed by atoms with Crippen LogP contribution in [-0.2, 0) is 0 Å². The summed E-state index contributed by atoms with van der Waals surface area (Å²) in [7, 11) is 1.77. The minimum absolute atomic E-state index is 0.920. The number of hydrogen-bond donors (Lipinski definition) is 0. The first kappa shape index (κ1) is 14.5. The van der Waals surface area contributed by atoms with Gasteiger partial charge in [0.05, 0.1) is 11.4 Å². The van der Waals surface area contributed by atoms with Crippen LogP contribution >= 0.6 is 0 Å². The van der Waals surface area contributed by atoms with E-state index in [2.05, 4.69) is 61.3 Å². The molecular formula is C20H20N2. The van der Waals surface area contributed by atoms with Gasteiger partial charge < -0.3 is 0 Å². The standard InChI is InChI=1S/C20H20N2/c1-13-8-7-11-17-16-9-5-6-10-18(16)20(15(3)19(13)17)22-14(2)12-21-4/h5-12H,1-4H3/b21-12+,22-14-. The summed E-state index contributed by atoms with van der Waals surface area (Å²) in [5.74, 6) is 0. The van der Waals surface area contributed by atoms with Crippen LogP contribution in [0.2, 0.25) is 0 Å². The van der Waals surface area contributed by atoms with Crippen molar-refractivity contribution in [2.75, 3.05) is 7.05 Å². The molecule has 0 saturated carbocycles. The van der Waals surface area contributed by atoms with Crippen molar-refractivity contribution in [3.63, 3.8) is 0 Å². The molecular weight excluding hydrogens is 268 g/mol. The van der Waals surface area contributed by atoms with E-state index in [1.807, 2.05) is 6.92 Å². The molecule has 3 aromatic rings. The Balaban J connectivity index is 2.51. The summed E-state index contributed by atoms with van der Waals surface area (Å²) in [6.45, 7) is 6.32. The maximum atomic E-state index is 4.84. The smallest absolute Gasteiger partial charge is 0.0747 e. The van der Waals surface area contributed by atoms with E-state index in [1.165, 1.54) is 32.7 Å². The quantitative estimate of drug-likeness (QED) is 0.445. The zero-order chi connectivity index (χ0) is 15.7. The number of hydrogen-bond acceptors (Lipinski definition) is 2. The van der Waals surface area contributed by atoms with Crippen molar-refractivity contribution < 1.29 is 0 Å². The zero-order valence-corrected chi connectivity index (χ0v) is 13.5. The zero-order valence-electron chi connectivity index (χ0n) is 13.5. The van der Waals surface area contributed by atoms with E-state index in [0.29, 0.717) is 0 Å². The highest BCUT2D eigenvalue weighted by molar-refractivity contribution is 6.31. The number of benzene rings is 3. The van der Waals surface area contributed by atoms with E-state index in [1.54, 1.807) is 13.3 Å². The lowest BCUT2D eigenvalue weighted by Gasteiger charge is -2.14. The summed E-state index contributed by atoms with van der Waals surface area (Å²) < 4.78 is 0. The second-order valence-corrected chi connectivity index (χ2v) is 5.66. The molecule has 0 unspecified atom stereocenters. The third-order valence-electron chi connectivity index (χ3n) is 4.08. The third-order valence-corrected chi connectivity index (χ3v) is 4.08. The van der Waals surface area contributed by atoms with Gasteiger partial charge >= 0.3 is 0 Å². The second-order valence-electron chi connectivity index (χ2n) is 5.66. The van der Waals surface area contributed by atoms with Crippen molar-refractivity contribution in [3.8, 4) is 0 Å². The predicted molar refractivity (Wildman–Crippen MR) is 98.1 cm³/mol. The van der Waals surface area contributed by atoms with Crippen molar-refractivity contribution in [2.45, 2.75) is 20.8 Å². The van der Waals surface area contributed by atoms with Gasteiger partial charge in [0.25, 0.3) is 0 Å². The Morgan fingerprint density at radius 1 is 0.909 bits per heavy atom. The van der Waals surface area contributed by atoms with Crippen LogP contribution in [0, 0.1) is 13.8 Å². The Hall–Kier alpha value is -2.48. The minimum atomic E-state index is 0.920. The van der Waals surface area contributed by atoms with Crippen LogP contribution in [0.3, 0.4) is 0 Å². The molecule has 0 aliphatic carbocycles. The molecule has 3 rings (SSSR count). The highest BCUT2D eigenvalue weighted by Gasteiger charge is 2.12. The van der Waals surface area contributed by atoms with E-state index in [4.69, 9.17) is 4.99 Å². The molecule has 3 aromatic carbocycles. The van der Waals surface area contributed by atoms with Crippen molar-refractivity contribution >= 4 is 39.2 Å². The summed E-state index contributed by atoms with van der Waals surface area (Å²) in [5.41, 5.74) is 4.49. The Morgan fingerprint density at radius 3 is 2.32 bits per heavy atom. The SMILES string of the molecule is C/N=C/C(C)=N\c1c(C)c2c(C)cccc2c2ccccc12. The maximum Gasteiger partial charge on any atom is 0.0747 e. The summed E-state index contributed by atoms with van der Waals surface area (Å²) in [6.07, 6.45) is 1.80. The number of nitrogens with zero attached hydrogens (tertiary/aromatic N) is 2. The molecule has 0 fully saturated rings. The molecule has 0 aromatic heterocycles. The minimum Gasteiger partial charge on any atom is -0.295 e. The lowest BCUT2D eigenvalue weighted by Crippen LogP contribution is -1.94. The van der Waals surface area contributed by atoms with Gasteiger partial charge in [-0.15, -0.1) is 0 Å². The van der Waals surface area contributed by atoms with Crippen LogP contribution in [0.1, 0.15) is 18.1 Å². The van der Waals surface area contributed by atoms with Crippen LogP contribution in [-0.4, -0.2) is 19.0 Å². The van der Waals surface area contributed by atoms with Gasteiger partial charge in [0.2, 0.25) is 0 Å². The van der Waals surface area contributed by atoms with Crippen LogP contribution < -0.4 is 0 Å². The fraction of sp³-hybridized carbons (Fsp3) is 0.200. The molecule has 0 atom stereocenters. The van der Waals surface area contributed by atoms with Gasteiger partial charge in [-0.3, -0.25) is 9.98 Å². The van der Waals surface area contributed by atoms with Crippen molar-refractivity contribution in [1.29, 1.82) is 0 Å². The molecule has 0 bridgehead atoms. The highest BCUT2D eigenvalue weighted by atomic mass is 14.8.